The smallest absolute Gasteiger partial charge is 0.0858 e. The topological polar surface area (TPSA) is 18.8 Å². The minimum absolute atomic E-state index is 0.498. The van der Waals surface area contributed by atoms with Crippen molar-refractivity contribution in [1.82, 2.24) is 9.80 Å². The molecule has 0 saturated carbocycles. The molecule has 2 heterocycles. The quantitative estimate of drug-likeness (QED) is 0.489. The summed E-state index contributed by atoms with van der Waals surface area (Å²) < 4.78 is 0. The van der Waals surface area contributed by atoms with Gasteiger partial charge in [0.1, 0.15) is 0 Å². The van der Waals surface area contributed by atoms with Crippen molar-refractivity contribution in [3.8, 4) is 0 Å². The van der Waals surface area contributed by atoms with Gasteiger partial charge in [0.2, 0.25) is 0 Å². The zero-order valence-corrected chi connectivity index (χ0v) is 7.20. The number of fused-ring (bicyclic) bond motifs is 1. The van der Waals surface area contributed by atoms with Crippen LogP contribution in [0.25, 0.3) is 0 Å². The van der Waals surface area contributed by atoms with Gasteiger partial charge in [0.25, 0.3) is 0 Å². The molecule has 1 saturated heterocycles. The summed E-state index contributed by atoms with van der Waals surface area (Å²) in [7, 11) is 2.18. The third kappa shape index (κ3) is 1.13. The molecule has 2 unspecified atom stereocenters. The van der Waals surface area contributed by atoms with Crippen LogP contribution in [0, 0.1) is 0 Å². The van der Waals surface area contributed by atoms with E-state index in [1.165, 1.54) is 13.1 Å². The molecule has 62 valence electrons. The lowest BCUT2D eigenvalue weighted by atomic mass is 10.1. The molecule has 0 aromatic heterocycles. The zero-order valence-electron chi connectivity index (χ0n) is 7.20. The lowest BCUT2D eigenvalue weighted by Crippen LogP contribution is -2.51. The van der Waals surface area contributed by atoms with Crippen LogP contribution < -0.4 is 0 Å². The Bertz CT molecular complexity index is 178. The van der Waals surface area contributed by atoms with Crippen molar-refractivity contribution in [1.29, 1.82) is 0 Å². The Morgan fingerprint density at radius 3 is 3.09 bits per heavy atom. The van der Waals surface area contributed by atoms with Crippen LogP contribution >= 0.6 is 0 Å². The molecule has 0 amide bonds. The SMILES string of the molecule is CC1N=CN2CCN(C)CC12. The Labute approximate surface area is 67.7 Å². The van der Waals surface area contributed by atoms with E-state index >= 15 is 0 Å². The minimum atomic E-state index is 0.498. The summed E-state index contributed by atoms with van der Waals surface area (Å²) in [6.45, 7) is 5.69. The third-order valence-corrected chi connectivity index (χ3v) is 2.67. The molecular formula is C8H15N3. The number of hydrogen-bond acceptors (Lipinski definition) is 3. The van der Waals surface area contributed by atoms with Crippen molar-refractivity contribution in [3.63, 3.8) is 0 Å². The van der Waals surface area contributed by atoms with E-state index in [0.717, 1.165) is 6.54 Å². The summed E-state index contributed by atoms with van der Waals surface area (Å²) in [5, 5.41) is 0. The van der Waals surface area contributed by atoms with E-state index in [0.29, 0.717) is 12.1 Å². The molecular weight excluding hydrogens is 138 g/mol. The van der Waals surface area contributed by atoms with Crippen molar-refractivity contribution in [3.05, 3.63) is 0 Å². The fraction of sp³-hybridized carbons (Fsp3) is 0.875. The van der Waals surface area contributed by atoms with Gasteiger partial charge in [-0.15, -0.1) is 0 Å². The van der Waals surface area contributed by atoms with Crippen LogP contribution in [0.2, 0.25) is 0 Å². The molecule has 2 rings (SSSR count). The molecule has 0 aromatic carbocycles. The van der Waals surface area contributed by atoms with Gasteiger partial charge in [-0.25, -0.2) is 0 Å². The number of rotatable bonds is 0. The van der Waals surface area contributed by atoms with E-state index in [1.54, 1.807) is 0 Å². The van der Waals surface area contributed by atoms with Crippen molar-refractivity contribution in [2.75, 3.05) is 26.7 Å². The number of piperazine rings is 1. The maximum Gasteiger partial charge on any atom is 0.0858 e. The molecule has 0 spiro atoms. The van der Waals surface area contributed by atoms with Gasteiger partial charge in [-0.1, -0.05) is 0 Å². The maximum absolute atomic E-state index is 4.39. The molecule has 0 aliphatic carbocycles. The highest BCUT2D eigenvalue weighted by Gasteiger charge is 2.31. The summed E-state index contributed by atoms with van der Waals surface area (Å²) in [6.07, 6.45) is 2.02. The van der Waals surface area contributed by atoms with Crippen LogP contribution in [-0.4, -0.2) is 54.9 Å². The Balaban J connectivity index is 2.06. The lowest BCUT2D eigenvalue weighted by Gasteiger charge is -2.36. The highest BCUT2D eigenvalue weighted by molar-refractivity contribution is 5.59. The molecule has 0 N–H and O–H groups in total. The van der Waals surface area contributed by atoms with Crippen LogP contribution in [0.5, 0.6) is 0 Å². The minimum Gasteiger partial charge on any atom is -0.355 e. The van der Waals surface area contributed by atoms with Gasteiger partial charge in [-0.3, -0.25) is 4.99 Å². The van der Waals surface area contributed by atoms with Crippen LogP contribution in [0.3, 0.4) is 0 Å². The average Bonchev–Trinajstić information content (AvgIpc) is 2.33. The molecule has 1 fully saturated rings. The summed E-state index contributed by atoms with van der Waals surface area (Å²) in [4.78, 5) is 9.14. The van der Waals surface area contributed by atoms with E-state index in [4.69, 9.17) is 0 Å². The first kappa shape index (κ1) is 7.10. The summed E-state index contributed by atoms with van der Waals surface area (Å²) in [6, 6.07) is 1.14. The van der Waals surface area contributed by atoms with Gasteiger partial charge in [-0.2, -0.15) is 0 Å². The van der Waals surface area contributed by atoms with Gasteiger partial charge in [0.05, 0.1) is 18.4 Å². The normalized spacial score (nSPS) is 37.8. The van der Waals surface area contributed by atoms with Crippen molar-refractivity contribution in [2.45, 2.75) is 19.0 Å². The fourth-order valence-electron chi connectivity index (χ4n) is 1.83. The molecule has 3 nitrogen and oxygen atoms in total. The zero-order chi connectivity index (χ0) is 7.84. The summed E-state index contributed by atoms with van der Waals surface area (Å²) >= 11 is 0. The second kappa shape index (κ2) is 2.48. The molecule has 2 atom stereocenters. The predicted molar refractivity (Wildman–Crippen MR) is 45.9 cm³/mol. The van der Waals surface area contributed by atoms with E-state index in [1.807, 2.05) is 6.34 Å². The third-order valence-electron chi connectivity index (χ3n) is 2.67. The fourth-order valence-corrected chi connectivity index (χ4v) is 1.83. The summed E-state index contributed by atoms with van der Waals surface area (Å²) in [5.41, 5.74) is 0. The molecule has 11 heavy (non-hydrogen) atoms. The van der Waals surface area contributed by atoms with Crippen molar-refractivity contribution in [2.24, 2.45) is 4.99 Å². The highest BCUT2D eigenvalue weighted by atomic mass is 15.3. The van der Waals surface area contributed by atoms with E-state index < -0.39 is 0 Å². The molecule has 0 aromatic rings. The Morgan fingerprint density at radius 2 is 2.27 bits per heavy atom. The standard InChI is InChI=1S/C8H15N3/c1-7-8-5-10(2)3-4-11(8)6-9-7/h6-8H,3-5H2,1-2H3. The number of hydrogen-bond donors (Lipinski definition) is 0. The van der Waals surface area contributed by atoms with Crippen LogP contribution in [0.15, 0.2) is 4.99 Å². The van der Waals surface area contributed by atoms with Crippen molar-refractivity contribution >= 4 is 6.34 Å². The Hall–Kier alpha value is -0.570. The highest BCUT2D eigenvalue weighted by Crippen LogP contribution is 2.17. The van der Waals surface area contributed by atoms with Crippen LogP contribution in [0.4, 0.5) is 0 Å². The second-order valence-corrected chi connectivity index (χ2v) is 3.57. The maximum atomic E-state index is 4.39. The first-order valence-corrected chi connectivity index (χ1v) is 4.25. The number of aliphatic imine (C=N–C) groups is 1. The van der Waals surface area contributed by atoms with E-state index in [9.17, 15) is 0 Å². The molecule has 0 bridgehead atoms. The molecule has 3 heteroatoms. The van der Waals surface area contributed by atoms with E-state index in [2.05, 4.69) is 28.8 Å². The van der Waals surface area contributed by atoms with Gasteiger partial charge >= 0.3 is 0 Å². The lowest BCUT2D eigenvalue weighted by molar-refractivity contribution is 0.155. The second-order valence-electron chi connectivity index (χ2n) is 3.57. The first-order valence-electron chi connectivity index (χ1n) is 4.25. The number of nitrogens with zero attached hydrogens (tertiary/aromatic N) is 3. The molecule has 0 radical (unpaired) electrons. The van der Waals surface area contributed by atoms with Crippen LogP contribution in [-0.2, 0) is 0 Å². The van der Waals surface area contributed by atoms with Gasteiger partial charge < -0.3 is 9.80 Å². The van der Waals surface area contributed by atoms with E-state index in [-0.39, 0.29) is 0 Å². The molecule has 2 aliphatic rings. The van der Waals surface area contributed by atoms with Gasteiger partial charge in [0, 0.05) is 19.6 Å². The monoisotopic (exact) mass is 153 g/mol. The van der Waals surface area contributed by atoms with Gasteiger partial charge in [0.15, 0.2) is 0 Å². The Kier molecular flexibility index (Phi) is 1.60. The summed E-state index contributed by atoms with van der Waals surface area (Å²) in [5.74, 6) is 0. The van der Waals surface area contributed by atoms with Crippen molar-refractivity contribution < 1.29 is 0 Å². The number of likely N-dealkylation sites (N-methyl/N-ethyl adjacent to an activating group) is 1. The molecule has 2 aliphatic heterocycles. The van der Waals surface area contributed by atoms with Gasteiger partial charge in [-0.05, 0) is 14.0 Å². The average molecular weight is 153 g/mol. The largest absolute Gasteiger partial charge is 0.355 e. The predicted octanol–water partition coefficient (Wildman–Crippen LogP) is 0.0328. The van der Waals surface area contributed by atoms with Crippen LogP contribution in [0.1, 0.15) is 6.92 Å². The first-order chi connectivity index (χ1) is 5.27. The Morgan fingerprint density at radius 1 is 1.45 bits per heavy atom.